The van der Waals surface area contributed by atoms with Crippen molar-refractivity contribution >= 4 is 34.8 Å². The molecule has 8 nitrogen and oxygen atoms in total. The number of benzene rings is 3. The molecule has 186 valence electrons. The van der Waals surface area contributed by atoms with Crippen LogP contribution in [0.3, 0.4) is 0 Å². The molecular weight excluding hydrogens is 496 g/mol. The van der Waals surface area contributed by atoms with E-state index in [0.29, 0.717) is 29.5 Å². The standard InChI is InChI=1S/C28H21ClN2O6/c29-23-14-20(31(34)35)7-12-24(23)37-22-8-1-16(2-9-22)15-36-21-10-5-19(6-11-21)30-27(32)25-17-3-4-18(13-17)26(25)28(30)33/h1-12,14,17-18,25-26H,13,15H2/t17-,18-,25-,26-/m0/s1. The first-order valence-corrected chi connectivity index (χ1v) is 12.3. The first kappa shape index (κ1) is 23.2. The number of imide groups is 1. The van der Waals surface area contributed by atoms with Gasteiger partial charge in [-0.15, -0.1) is 0 Å². The van der Waals surface area contributed by atoms with Crippen LogP contribution in [-0.4, -0.2) is 16.7 Å². The number of carbonyl (C=O) groups excluding carboxylic acids is 2. The lowest BCUT2D eigenvalue weighted by Crippen LogP contribution is -2.32. The first-order valence-electron chi connectivity index (χ1n) is 11.9. The number of hydrogen-bond acceptors (Lipinski definition) is 6. The van der Waals surface area contributed by atoms with Crippen molar-refractivity contribution in [2.75, 3.05) is 4.90 Å². The van der Waals surface area contributed by atoms with Crippen molar-refractivity contribution in [2.45, 2.75) is 13.0 Å². The van der Waals surface area contributed by atoms with Crippen molar-refractivity contribution in [1.82, 2.24) is 0 Å². The van der Waals surface area contributed by atoms with Crippen molar-refractivity contribution in [3.63, 3.8) is 0 Å². The molecule has 3 aromatic carbocycles. The van der Waals surface area contributed by atoms with E-state index in [4.69, 9.17) is 21.1 Å². The highest BCUT2D eigenvalue weighted by Crippen LogP contribution is 2.53. The largest absolute Gasteiger partial charge is 0.489 e. The number of nitro benzene ring substituents is 1. The topological polar surface area (TPSA) is 99.0 Å². The minimum Gasteiger partial charge on any atom is -0.489 e. The fourth-order valence-corrected chi connectivity index (χ4v) is 5.70. The fraction of sp³-hybridized carbons (Fsp3) is 0.214. The van der Waals surface area contributed by atoms with Gasteiger partial charge in [0.15, 0.2) is 0 Å². The van der Waals surface area contributed by atoms with Crippen molar-refractivity contribution in [3.05, 3.63) is 99.6 Å². The van der Waals surface area contributed by atoms with E-state index in [2.05, 4.69) is 12.2 Å². The normalized spacial score (nSPS) is 23.4. The second-order valence-electron chi connectivity index (χ2n) is 9.41. The van der Waals surface area contributed by atoms with E-state index in [1.165, 1.54) is 23.1 Å². The molecule has 3 aromatic rings. The fourth-order valence-electron chi connectivity index (χ4n) is 5.48. The number of ether oxygens (including phenoxy) is 2. The minimum atomic E-state index is -0.519. The van der Waals surface area contributed by atoms with E-state index in [0.717, 1.165) is 12.0 Å². The van der Waals surface area contributed by atoms with E-state index in [1.54, 1.807) is 36.4 Å². The van der Waals surface area contributed by atoms with Gasteiger partial charge in [-0.3, -0.25) is 24.6 Å². The molecule has 1 saturated carbocycles. The number of allylic oxidation sites excluding steroid dienone is 2. The Morgan fingerprint density at radius 2 is 1.51 bits per heavy atom. The summed E-state index contributed by atoms with van der Waals surface area (Å²) in [4.78, 5) is 37.6. The van der Waals surface area contributed by atoms with Gasteiger partial charge in [0.25, 0.3) is 5.69 Å². The summed E-state index contributed by atoms with van der Waals surface area (Å²) in [5, 5.41) is 11.0. The zero-order valence-corrected chi connectivity index (χ0v) is 20.2. The van der Waals surface area contributed by atoms with Crippen LogP contribution in [0.25, 0.3) is 0 Å². The van der Waals surface area contributed by atoms with Crippen LogP contribution in [0.15, 0.2) is 78.9 Å². The quantitative estimate of drug-likeness (QED) is 0.167. The lowest BCUT2D eigenvalue weighted by Gasteiger charge is -2.17. The monoisotopic (exact) mass is 516 g/mol. The third kappa shape index (κ3) is 4.13. The number of amides is 2. The highest BCUT2D eigenvalue weighted by molar-refractivity contribution is 6.32. The Labute approximate surface area is 217 Å². The maximum absolute atomic E-state index is 13.0. The molecule has 6 rings (SSSR count). The van der Waals surface area contributed by atoms with Crippen molar-refractivity contribution in [2.24, 2.45) is 23.7 Å². The molecule has 1 heterocycles. The molecule has 3 aliphatic rings. The Morgan fingerprint density at radius 3 is 2.11 bits per heavy atom. The molecule has 2 fully saturated rings. The first-order chi connectivity index (χ1) is 17.9. The van der Waals surface area contributed by atoms with Gasteiger partial charge < -0.3 is 9.47 Å². The van der Waals surface area contributed by atoms with Crippen LogP contribution in [-0.2, 0) is 16.2 Å². The molecule has 4 atom stereocenters. The molecule has 0 N–H and O–H groups in total. The molecule has 9 heteroatoms. The minimum absolute atomic E-state index is 0.0992. The molecule has 2 aliphatic carbocycles. The summed E-state index contributed by atoms with van der Waals surface area (Å²) in [7, 11) is 0. The lowest BCUT2D eigenvalue weighted by atomic mass is 9.85. The molecular formula is C28H21ClN2O6. The molecule has 0 spiro atoms. The number of nitrogens with zero attached hydrogens (tertiary/aromatic N) is 2. The van der Waals surface area contributed by atoms with Crippen molar-refractivity contribution in [1.29, 1.82) is 0 Å². The highest BCUT2D eigenvalue weighted by Gasteiger charge is 2.59. The van der Waals surface area contributed by atoms with Gasteiger partial charge >= 0.3 is 0 Å². The van der Waals surface area contributed by atoms with E-state index in [-0.39, 0.29) is 46.2 Å². The SMILES string of the molecule is O=C1[C@@H]2[C@@H](C(=O)N1c1ccc(OCc3ccc(Oc4ccc([N+](=O)[O-])cc4Cl)cc3)cc1)[C@H]1C=C[C@H]2C1. The molecule has 2 amide bonds. The molecule has 0 unspecified atom stereocenters. The number of non-ortho nitro benzene ring substituents is 1. The van der Waals surface area contributed by atoms with Gasteiger partial charge in [0.1, 0.15) is 23.9 Å². The van der Waals surface area contributed by atoms with Crippen LogP contribution < -0.4 is 14.4 Å². The highest BCUT2D eigenvalue weighted by atomic mass is 35.5. The summed E-state index contributed by atoms with van der Waals surface area (Å²) in [5.74, 6) is 1.18. The van der Waals surface area contributed by atoms with Crippen LogP contribution in [0.4, 0.5) is 11.4 Å². The Morgan fingerprint density at radius 1 is 0.892 bits per heavy atom. The van der Waals surface area contributed by atoms with Gasteiger partial charge in [-0.1, -0.05) is 35.9 Å². The summed E-state index contributed by atoms with van der Waals surface area (Å²) in [6.07, 6.45) is 5.08. The molecule has 0 radical (unpaired) electrons. The summed E-state index contributed by atoms with van der Waals surface area (Å²) < 4.78 is 11.6. The molecule has 1 aliphatic heterocycles. The number of nitro groups is 1. The zero-order chi connectivity index (χ0) is 25.7. The Bertz CT molecular complexity index is 1410. The molecule has 37 heavy (non-hydrogen) atoms. The summed E-state index contributed by atoms with van der Waals surface area (Å²) >= 11 is 6.09. The number of halogens is 1. The average molecular weight is 517 g/mol. The van der Waals surface area contributed by atoms with E-state index in [1.807, 2.05) is 12.1 Å². The molecule has 0 aromatic heterocycles. The predicted octanol–water partition coefficient (Wildman–Crippen LogP) is 5.93. The van der Waals surface area contributed by atoms with Crippen molar-refractivity contribution in [3.8, 4) is 17.2 Å². The predicted molar refractivity (Wildman–Crippen MR) is 136 cm³/mol. The molecule has 2 bridgehead atoms. The number of fused-ring (bicyclic) bond motifs is 5. The van der Waals surface area contributed by atoms with Crippen LogP contribution in [0, 0.1) is 33.8 Å². The third-order valence-corrected chi connectivity index (χ3v) is 7.54. The number of anilines is 1. The Kier molecular flexibility index (Phi) is 5.68. The number of hydrogen-bond donors (Lipinski definition) is 0. The summed E-state index contributed by atoms with van der Waals surface area (Å²) in [5.41, 5.74) is 1.36. The third-order valence-electron chi connectivity index (χ3n) is 7.25. The Hall–Kier alpha value is -4.17. The number of rotatable bonds is 7. The van der Waals surface area contributed by atoms with Crippen LogP contribution in [0.2, 0.25) is 5.02 Å². The van der Waals surface area contributed by atoms with Gasteiger partial charge in [0.2, 0.25) is 11.8 Å². The van der Waals surface area contributed by atoms with E-state index >= 15 is 0 Å². The van der Waals surface area contributed by atoms with Crippen LogP contribution >= 0.6 is 11.6 Å². The molecule has 1 saturated heterocycles. The maximum Gasteiger partial charge on any atom is 0.271 e. The summed E-state index contributed by atoms with van der Waals surface area (Å²) in [6, 6.07) is 18.2. The van der Waals surface area contributed by atoms with Gasteiger partial charge in [-0.05, 0) is 66.3 Å². The van der Waals surface area contributed by atoms with Crippen molar-refractivity contribution < 1.29 is 24.0 Å². The zero-order valence-electron chi connectivity index (χ0n) is 19.5. The van der Waals surface area contributed by atoms with Crippen LogP contribution in [0.1, 0.15) is 12.0 Å². The van der Waals surface area contributed by atoms with Crippen LogP contribution in [0.5, 0.6) is 17.2 Å². The van der Waals surface area contributed by atoms with Gasteiger partial charge in [0, 0.05) is 12.1 Å². The van der Waals surface area contributed by atoms with Gasteiger partial charge in [-0.2, -0.15) is 0 Å². The maximum atomic E-state index is 13.0. The smallest absolute Gasteiger partial charge is 0.271 e. The second kappa shape index (κ2) is 9.05. The Balaban J connectivity index is 1.06. The average Bonchev–Trinajstić information content (AvgIpc) is 3.59. The van der Waals surface area contributed by atoms with E-state index < -0.39 is 4.92 Å². The number of carbonyl (C=O) groups is 2. The van der Waals surface area contributed by atoms with Gasteiger partial charge in [-0.25, -0.2) is 0 Å². The van der Waals surface area contributed by atoms with E-state index in [9.17, 15) is 19.7 Å². The lowest BCUT2D eigenvalue weighted by molar-refractivity contribution is -0.384. The van der Waals surface area contributed by atoms with Gasteiger partial charge in [0.05, 0.1) is 27.5 Å². The summed E-state index contributed by atoms with van der Waals surface area (Å²) in [6.45, 7) is 0.304. The second-order valence-corrected chi connectivity index (χ2v) is 9.82.